The van der Waals surface area contributed by atoms with Crippen molar-refractivity contribution in [3.8, 4) is 0 Å². The zero-order chi connectivity index (χ0) is 13.0. The van der Waals surface area contributed by atoms with Gasteiger partial charge in [-0.3, -0.25) is 0 Å². The summed E-state index contributed by atoms with van der Waals surface area (Å²) in [6.45, 7) is 16.3. The quantitative estimate of drug-likeness (QED) is 0.432. The lowest BCUT2D eigenvalue weighted by molar-refractivity contribution is 0.330. The van der Waals surface area contributed by atoms with Gasteiger partial charge in [-0.15, -0.1) is 10.3 Å². The molecule has 0 atom stereocenters. The minimum atomic E-state index is -1.60. The smallest absolute Gasteiger partial charge is 0.278 e. The molecule has 16 heavy (non-hydrogen) atoms. The first-order valence-electron chi connectivity index (χ1n) is 5.47. The van der Waals surface area contributed by atoms with Gasteiger partial charge in [0, 0.05) is 0 Å². The van der Waals surface area contributed by atoms with Crippen LogP contribution in [0.4, 0.5) is 0 Å². The first-order chi connectivity index (χ1) is 7.01. The lowest BCUT2D eigenvalue weighted by Gasteiger charge is -2.15. The largest absolute Gasteiger partial charge is 0.455 e. The molecule has 0 rings (SSSR count). The highest BCUT2D eigenvalue weighted by molar-refractivity contribution is 6.70. The van der Waals surface area contributed by atoms with Gasteiger partial charge in [0.1, 0.15) is 0 Å². The summed E-state index contributed by atoms with van der Waals surface area (Å²) < 4.78 is 10.9. The summed E-state index contributed by atoms with van der Waals surface area (Å²) >= 11 is 0. The molecule has 0 aromatic heterocycles. The van der Waals surface area contributed by atoms with Crippen LogP contribution in [0, 0.1) is 0 Å². The maximum atomic E-state index is 5.45. The van der Waals surface area contributed by atoms with Crippen LogP contribution in [0.1, 0.15) is 13.8 Å². The lowest BCUT2D eigenvalue weighted by Crippen LogP contribution is -2.25. The van der Waals surface area contributed by atoms with Crippen molar-refractivity contribution in [3.05, 3.63) is 0 Å². The van der Waals surface area contributed by atoms with E-state index in [2.05, 4.69) is 49.6 Å². The van der Waals surface area contributed by atoms with E-state index in [1.54, 1.807) is 0 Å². The Morgan fingerprint density at radius 1 is 0.688 bits per heavy atom. The Labute approximate surface area is 101 Å². The Balaban J connectivity index is 4.44. The molecule has 6 heteroatoms. The van der Waals surface area contributed by atoms with Gasteiger partial charge in [-0.05, 0) is 53.1 Å². The molecule has 0 unspecified atom stereocenters. The molecule has 0 aromatic carbocycles. The predicted molar refractivity (Wildman–Crippen MR) is 75.1 cm³/mol. The number of hydrogen-bond acceptors (Lipinski definition) is 4. The summed E-state index contributed by atoms with van der Waals surface area (Å²) in [6, 6.07) is 0. The molecule has 0 aliphatic heterocycles. The predicted octanol–water partition coefficient (Wildman–Crippen LogP) is 3.44. The van der Waals surface area contributed by atoms with E-state index >= 15 is 0 Å². The highest BCUT2D eigenvalue weighted by atomic mass is 28.4. The second-order valence-electron chi connectivity index (χ2n) is 5.76. The van der Waals surface area contributed by atoms with Crippen LogP contribution in [0.15, 0.2) is 10.3 Å². The third kappa shape index (κ3) is 8.66. The molecule has 0 aliphatic carbocycles. The van der Waals surface area contributed by atoms with Crippen LogP contribution >= 0.6 is 0 Å². The normalized spacial score (nSPS) is 15.0. The van der Waals surface area contributed by atoms with Crippen molar-refractivity contribution in [3.63, 3.8) is 0 Å². The molecule has 0 radical (unpaired) electrons. The van der Waals surface area contributed by atoms with Crippen molar-refractivity contribution in [2.75, 3.05) is 0 Å². The number of rotatable bonds is 5. The standard InChI is InChI=1S/C10H24N2O2Si2/c1-9(11-13-15(3,4)5)10(2)12-14-16(6,7)8/h1-8H3/b11-9+,12-10+. The fraction of sp³-hybridized carbons (Fsp3) is 0.800. The highest BCUT2D eigenvalue weighted by Crippen LogP contribution is 2.05. The number of hydrogen-bond donors (Lipinski definition) is 0. The summed E-state index contributed by atoms with van der Waals surface area (Å²) in [5, 5.41) is 8.16. The van der Waals surface area contributed by atoms with Crippen LogP contribution < -0.4 is 0 Å². The molecule has 0 heterocycles. The molecule has 0 saturated heterocycles. The van der Waals surface area contributed by atoms with Crippen LogP contribution in [0.5, 0.6) is 0 Å². The summed E-state index contributed by atoms with van der Waals surface area (Å²) in [4.78, 5) is 0. The molecular formula is C10H24N2O2Si2. The topological polar surface area (TPSA) is 43.2 Å². The maximum Gasteiger partial charge on any atom is 0.278 e. The second kappa shape index (κ2) is 5.63. The van der Waals surface area contributed by atoms with Gasteiger partial charge in [0.15, 0.2) is 0 Å². The minimum Gasteiger partial charge on any atom is -0.455 e. The van der Waals surface area contributed by atoms with Gasteiger partial charge in [-0.2, -0.15) is 0 Å². The molecular weight excluding hydrogens is 236 g/mol. The molecule has 0 aliphatic rings. The Bertz CT molecular complexity index is 258. The summed E-state index contributed by atoms with van der Waals surface area (Å²) in [5.74, 6) is 0. The van der Waals surface area contributed by atoms with Crippen molar-refractivity contribution in [1.29, 1.82) is 0 Å². The van der Waals surface area contributed by atoms with E-state index in [0.29, 0.717) is 0 Å². The van der Waals surface area contributed by atoms with Crippen molar-refractivity contribution in [1.82, 2.24) is 0 Å². The van der Waals surface area contributed by atoms with Gasteiger partial charge in [0.2, 0.25) is 0 Å². The Morgan fingerprint density at radius 2 is 0.938 bits per heavy atom. The average molecular weight is 260 g/mol. The molecule has 94 valence electrons. The lowest BCUT2D eigenvalue weighted by atomic mass is 10.3. The zero-order valence-electron chi connectivity index (χ0n) is 11.7. The van der Waals surface area contributed by atoms with Crippen molar-refractivity contribution in [2.24, 2.45) is 10.3 Å². The van der Waals surface area contributed by atoms with E-state index in [0.717, 1.165) is 11.4 Å². The van der Waals surface area contributed by atoms with E-state index in [4.69, 9.17) is 9.05 Å². The van der Waals surface area contributed by atoms with Gasteiger partial charge in [0.25, 0.3) is 16.6 Å². The molecule has 0 bridgehead atoms. The van der Waals surface area contributed by atoms with E-state index in [1.165, 1.54) is 0 Å². The van der Waals surface area contributed by atoms with Gasteiger partial charge in [-0.25, -0.2) is 0 Å². The van der Waals surface area contributed by atoms with Crippen molar-refractivity contribution in [2.45, 2.75) is 53.1 Å². The maximum absolute atomic E-state index is 5.45. The molecule has 0 spiro atoms. The van der Waals surface area contributed by atoms with Crippen molar-refractivity contribution >= 4 is 28.1 Å². The molecule has 0 saturated carbocycles. The van der Waals surface area contributed by atoms with Crippen LogP contribution in [0.25, 0.3) is 0 Å². The van der Waals surface area contributed by atoms with Gasteiger partial charge >= 0.3 is 0 Å². The fourth-order valence-corrected chi connectivity index (χ4v) is 1.36. The summed E-state index contributed by atoms with van der Waals surface area (Å²) in [7, 11) is -3.20. The molecule has 4 nitrogen and oxygen atoms in total. The van der Waals surface area contributed by atoms with Crippen molar-refractivity contribution < 1.29 is 9.05 Å². The molecule has 0 aromatic rings. The Morgan fingerprint density at radius 3 is 1.12 bits per heavy atom. The minimum absolute atomic E-state index is 0.778. The van der Waals surface area contributed by atoms with E-state index in [1.807, 2.05) is 13.8 Å². The first-order valence-corrected chi connectivity index (χ1v) is 12.3. The SMILES string of the molecule is CC(=N\O[Si](C)(C)C)/C(C)=N/O[Si](C)(C)C. The Hall–Kier alpha value is -0.626. The summed E-state index contributed by atoms with van der Waals surface area (Å²) in [5.41, 5.74) is 1.56. The summed E-state index contributed by atoms with van der Waals surface area (Å²) in [6.07, 6.45) is 0. The van der Waals surface area contributed by atoms with Gasteiger partial charge in [-0.1, -0.05) is 0 Å². The third-order valence-electron chi connectivity index (χ3n) is 1.44. The highest BCUT2D eigenvalue weighted by Gasteiger charge is 2.17. The van der Waals surface area contributed by atoms with Crippen LogP contribution in [0.2, 0.25) is 39.3 Å². The number of oxime groups is 2. The van der Waals surface area contributed by atoms with Gasteiger partial charge < -0.3 is 9.05 Å². The van der Waals surface area contributed by atoms with Gasteiger partial charge in [0.05, 0.1) is 11.4 Å². The van der Waals surface area contributed by atoms with Crippen LogP contribution in [-0.4, -0.2) is 28.1 Å². The number of nitrogens with zero attached hydrogens (tertiary/aromatic N) is 2. The van der Waals surface area contributed by atoms with E-state index in [9.17, 15) is 0 Å². The van der Waals surface area contributed by atoms with E-state index in [-0.39, 0.29) is 0 Å². The molecule has 0 N–H and O–H groups in total. The van der Waals surface area contributed by atoms with Crippen LogP contribution in [-0.2, 0) is 9.05 Å². The average Bonchev–Trinajstić information content (AvgIpc) is 2.07. The van der Waals surface area contributed by atoms with E-state index < -0.39 is 16.6 Å². The fourth-order valence-electron chi connectivity index (χ4n) is 0.543. The first kappa shape index (κ1) is 15.4. The monoisotopic (exact) mass is 260 g/mol. The molecule has 0 fully saturated rings. The third-order valence-corrected chi connectivity index (χ3v) is 2.71. The van der Waals surface area contributed by atoms with Crippen LogP contribution in [0.3, 0.4) is 0 Å². The Kier molecular flexibility index (Phi) is 5.41. The molecule has 0 amide bonds. The zero-order valence-corrected chi connectivity index (χ0v) is 13.7. The second-order valence-corrected chi connectivity index (χ2v) is 14.6.